The van der Waals surface area contributed by atoms with E-state index >= 15 is 4.39 Å². The number of hydrogen-bond acceptors (Lipinski definition) is 4. The van der Waals surface area contributed by atoms with Gasteiger partial charge < -0.3 is 14.7 Å². The summed E-state index contributed by atoms with van der Waals surface area (Å²) in [5, 5.41) is 0.388. The second kappa shape index (κ2) is 12.7. The molecule has 0 aromatic heterocycles. The molecule has 1 aromatic carbocycles. The van der Waals surface area contributed by atoms with Crippen LogP contribution in [0.2, 0.25) is 5.02 Å². The number of nitrogens with zero attached hydrogens (tertiary/aromatic N) is 4. The summed E-state index contributed by atoms with van der Waals surface area (Å²) in [6.45, 7) is 14.1. The van der Waals surface area contributed by atoms with E-state index in [9.17, 15) is 0 Å². The zero-order chi connectivity index (χ0) is 27.4. The Labute approximate surface area is 234 Å². The predicted molar refractivity (Wildman–Crippen MR) is 160 cm³/mol. The zero-order valence-corrected chi connectivity index (χ0v) is 24.6. The standard InChI is InChI=1S/C32H44ClFN4/c1-22(2)37(6)32(25-14-18-36(5)19-15-25)31(24(4)28-12-11-26(33)21-29(28)34)23(3)13-17-35-30-16-20-38(30)27-9-7-8-10-27/h11-13,16-17,21-22,25,27H,4,7-10,14-15,18-20H2,1-3,5-6H3/b23-13+,32-31-,35-17-. The summed E-state index contributed by atoms with van der Waals surface area (Å²) in [4.78, 5) is 12.0. The van der Waals surface area contributed by atoms with Gasteiger partial charge >= 0.3 is 0 Å². The van der Waals surface area contributed by atoms with Crippen molar-refractivity contribution < 1.29 is 4.39 Å². The molecule has 1 aromatic rings. The van der Waals surface area contributed by atoms with E-state index in [2.05, 4.69) is 68.3 Å². The van der Waals surface area contributed by atoms with Gasteiger partial charge in [-0.25, -0.2) is 9.38 Å². The number of benzene rings is 1. The predicted octanol–water partition coefficient (Wildman–Crippen LogP) is 7.55. The second-order valence-electron chi connectivity index (χ2n) is 11.4. The molecule has 4 nitrogen and oxygen atoms in total. The fourth-order valence-corrected chi connectivity index (χ4v) is 6.12. The molecule has 206 valence electrons. The maximum Gasteiger partial charge on any atom is 0.132 e. The summed E-state index contributed by atoms with van der Waals surface area (Å²) in [5.41, 5.74) is 4.48. The van der Waals surface area contributed by atoms with Crippen LogP contribution in [0.15, 0.2) is 64.6 Å². The van der Waals surface area contributed by atoms with Crippen LogP contribution in [0, 0.1) is 11.7 Å². The lowest BCUT2D eigenvalue weighted by Crippen LogP contribution is -2.38. The van der Waals surface area contributed by atoms with E-state index in [1.807, 2.05) is 6.21 Å². The first-order valence-electron chi connectivity index (χ1n) is 14.2. The van der Waals surface area contributed by atoms with Crippen molar-refractivity contribution in [1.82, 2.24) is 14.7 Å². The van der Waals surface area contributed by atoms with Crippen LogP contribution < -0.4 is 0 Å². The van der Waals surface area contributed by atoms with Crippen LogP contribution in [0.5, 0.6) is 0 Å². The first-order chi connectivity index (χ1) is 18.2. The number of hydrogen-bond donors (Lipinski definition) is 0. The fraction of sp³-hybridized carbons (Fsp3) is 0.531. The second-order valence-corrected chi connectivity index (χ2v) is 11.9. The molecule has 0 atom stereocenters. The molecule has 0 N–H and O–H groups in total. The van der Waals surface area contributed by atoms with Gasteiger partial charge in [-0.2, -0.15) is 0 Å². The highest BCUT2D eigenvalue weighted by Crippen LogP contribution is 2.39. The summed E-state index contributed by atoms with van der Waals surface area (Å²) in [6.07, 6.45) is 13.5. The summed E-state index contributed by atoms with van der Waals surface area (Å²) in [6, 6.07) is 5.80. The first-order valence-corrected chi connectivity index (χ1v) is 14.5. The van der Waals surface area contributed by atoms with E-state index in [1.54, 1.807) is 12.1 Å². The summed E-state index contributed by atoms with van der Waals surface area (Å²) >= 11 is 6.10. The minimum atomic E-state index is -0.344. The normalized spacial score (nSPS) is 20.7. The van der Waals surface area contributed by atoms with Crippen LogP contribution in [0.3, 0.4) is 0 Å². The zero-order valence-electron chi connectivity index (χ0n) is 23.8. The Kier molecular flexibility index (Phi) is 9.54. The Balaban J connectivity index is 1.74. The van der Waals surface area contributed by atoms with E-state index in [4.69, 9.17) is 16.6 Å². The Bertz CT molecular complexity index is 1130. The average Bonchev–Trinajstić information content (AvgIpc) is 3.38. The van der Waals surface area contributed by atoms with Crippen molar-refractivity contribution in [2.24, 2.45) is 10.9 Å². The summed E-state index contributed by atoms with van der Waals surface area (Å²) in [5.74, 6) is 1.10. The van der Waals surface area contributed by atoms with Crippen molar-refractivity contribution in [3.8, 4) is 0 Å². The molecule has 0 radical (unpaired) electrons. The molecule has 2 fully saturated rings. The van der Waals surface area contributed by atoms with Crippen LogP contribution in [-0.2, 0) is 0 Å². The number of aliphatic imine (C=N–C) groups is 1. The third kappa shape index (κ3) is 6.43. The lowest BCUT2D eigenvalue weighted by atomic mass is 9.83. The summed E-state index contributed by atoms with van der Waals surface area (Å²) in [7, 11) is 4.34. The van der Waals surface area contributed by atoms with Gasteiger partial charge in [-0.05, 0) is 108 Å². The molecule has 0 amide bonds. The van der Waals surface area contributed by atoms with E-state index in [0.717, 1.165) is 49.4 Å². The van der Waals surface area contributed by atoms with Crippen molar-refractivity contribution in [2.45, 2.75) is 71.4 Å². The van der Waals surface area contributed by atoms with Gasteiger partial charge in [-0.3, -0.25) is 0 Å². The minimum absolute atomic E-state index is 0.295. The fourth-order valence-electron chi connectivity index (χ4n) is 5.96. The largest absolute Gasteiger partial charge is 0.375 e. The van der Waals surface area contributed by atoms with Crippen LogP contribution >= 0.6 is 11.6 Å². The van der Waals surface area contributed by atoms with Crippen molar-refractivity contribution >= 4 is 23.4 Å². The van der Waals surface area contributed by atoms with Gasteiger partial charge in [0.2, 0.25) is 0 Å². The van der Waals surface area contributed by atoms with Gasteiger partial charge in [-0.1, -0.05) is 31.0 Å². The molecule has 0 unspecified atom stereocenters. The van der Waals surface area contributed by atoms with E-state index in [1.165, 1.54) is 37.4 Å². The molecule has 1 saturated heterocycles. The number of rotatable bonds is 9. The van der Waals surface area contributed by atoms with Crippen LogP contribution in [0.25, 0.3) is 5.57 Å². The average molecular weight is 539 g/mol. The van der Waals surface area contributed by atoms with Crippen molar-refractivity contribution in [1.29, 1.82) is 0 Å². The van der Waals surface area contributed by atoms with Gasteiger partial charge in [0.05, 0.1) is 0 Å². The smallest absolute Gasteiger partial charge is 0.132 e. The third-order valence-electron chi connectivity index (χ3n) is 8.53. The molecule has 1 saturated carbocycles. The highest BCUT2D eigenvalue weighted by atomic mass is 35.5. The SMILES string of the molecule is C=C(C(=C(/C1CCN(C)CC1)N(C)C(C)C)/C(C)=C/C=N\C1=CCN1C1CCCC1)c1ccc(Cl)cc1F. The molecular formula is C32H44ClFN4. The van der Waals surface area contributed by atoms with Crippen LogP contribution in [0.4, 0.5) is 4.39 Å². The molecule has 4 rings (SSSR count). The summed E-state index contributed by atoms with van der Waals surface area (Å²) < 4.78 is 15.2. The van der Waals surface area contributed by atoms with E-state index in [0.29, 0.717) is 34.2 Å². The van der Waals surface area contributed by atoms with E-state index < -0.39 is 0 Å². The lowest BCUT2D eigenvalue weighted by Gasteiger charge is -2.39. The number of likely N-dealkylation sites (tertiary alicyclic amines) is 1. The highest BCUT2D eigenvalue weighted by Gasteiger charge is 2.30. The van der Waals surface area contributed by atoms with Crippen molar-refractivity contribution in [3.63, 3.8) is 0 Å². The maximum atomic E-state index is 15.2. The van der Waals surface area contributed by atoms with Gasteiger partial charge in [0, 0.05) is 59.7 Å². The van der Waals surface area contributed by atoms with Gasteiger partial charge in [-0.15, -0.1) is 0 Å². The monoisotopic (exact) mass is 538 g/mol. The molecule has 2 heterocycles. The topological polar surface area (TPSA) is 22.1 Å². The Morgan fingerprint density at radius 1 is 1.18 bits per heavy atom. The molecule has 3 aliphatic rings. The molecular weight excluding hydrogens is 495 g/mol. The highest BCUT2D eigenvalue weighted by molar-refractivity contribution is 6.30. The molecule has 1 aliphatic carbocycles. The Hall–Kier alpha value is -2.37. The Morgan fingerprint density at radius 2 is 1.87 bits per heavy atom. The molecule has 2 aliphatic heterocycles. The van der Waals surface area contributed by atoms with Crippen LogP contribution in [-0.4, -0.2) is 66.7 Å². The molecule has 6 heteroatoms. The van der Waals surface area contributed by atoms with Gasteiger partial charge in [0.15, 0.2) is 0 Å². The molecule has 38 heavy (non-hydrogen) atoms. The third-order valence-corrected chi connectivity index (χ3v) is 8.77. The Morgan fingerprint density at radius 3 is 2.45 bits per heavy atom. The van der Waals surface area contributed by atoms with Crippen molar-refractivity contribution in [3.05, 3.63) is 76.0 Å². The molecule has 0 spiro atoms. The number of piperidine rings is 1. The van der Waals surface area contributed by atoms with E-state index in [-0.39, 0.29) is 5.82 Å². The quantitative estimate of drug-likeness (QED) is 0.239. The maximum absolute atomic E-state index is 15.2. The van der Waals surface area contributed by atoms with Crippen LogP contribution in [0.1, 0.15) is 64.9 Å². The molecule has 0 bridgehead atoms. The lowest BCUT2D eigenvalue weighted by molar-refractivity contribution is 0.201. The number of halogens is 2. The first kappa shape index (κ1) is 28.6. The van der Waals surface area contributed by atoms with Gasteiger partial charge in [0.1, 0.15) is 11.6 Å². The van der Waals surface area contributed by atoms with Crippen molar-refractivity contribution in [2.75, 3.05) is 33.7 Å². The minimum Gasteiger partial charge on any atom is -0.375 e. The van der Waals surface area contributed by atoms with Gasteiger partial charge in [0.25, 0.3) is 0 Å². The number of allylic oxidation sites excluding steroid dienone is 5.